The second-order valence-electron chi connectivity index (χ2n) is 4.55. The molecule has 0 fully saturated rings. The highest BCUT2D eigenvalue weighted by Gasteiger charge is 2.43. The Balaban J connectivity index is 3.08. The fourth-order valence-electron chi connectivity index (χ4n) is 1.78. The molecule has 21 heavy (non-hydrogen) atoms. The molecule has 0 heterocycles. The quantitative estimate of drug-likeness (QED) is 0.378. The summed E-state index contributed by atoms with van der Waals surface area (Å²) in [6, 6.07) is 2.76. The molecule has 0 spiro atoms. The number of hydrogen-bond acceptors (Lipinski definition) is 4. The number of aryl methyl sites for hydroxylation is 2. The number of alkyl halides is 3. The van der Waals surface area contributed by atoms with Crippen LogP contribution in [0.15, 0.2) is 12.1 Å². The summed E-state index contributed by atoms with van der Waals surface area (Å²) in [5, 5.41) is 17.9. The van der Waals surface area contributed by atoms with Gasteiger partial charge in [0.25, 0.3) is 0 Å². The van der Waals surface area contributed by atoms with E-state index >= 15 is 0 Å². The molecule has 0 amide bonds. The number of nitro groups is 1. The minimum atomic E-state index is -4.75. The molecule has 1 rings (SSSR count). The summed E-state index contributed by atoms with van der Waals surface area (Å²) < 4.78 is 42.9. The van der Waals surface area contributed by atoms with Crippen molar-refractivity contribution in [1.82, 2.24) is 0 Å². The highest BCUT2D eigenvalue weighted by molar-refractivity contribution is 5.80. The molecule has 0 saturated heterocycles. The van der Waals surface area contributed by atoms with Gasteiger partial charge in [-0.3, -0.25) is 15.5 Å². The van der Waals surface area contributed by atoms with E-state index in [1.807, 2.05) is 0 Å². The molecule has 1 aromatic rings. The number of nitrogens with zero attached hydrogens (tertiary/aromatic N) is 1. The number of nitrogens with one attached hydrogen (secondary N) is 1. The van der Waals surface area contributed by atoms with Gasteiger partial charge >= 0.3 is 11.9 Å². The molecule has 116 valence electrons. The molecule has 1 atom stereocenters. The number of nitrogens with two attached hydrogens (primary N) is 1. The number of benzene rings is 1. The topological polar surface area (TPSA) is 102 Å². The molecule has 0 radical (unpaired) electrons. The van der Waals surface area contributed by atoms with Gasteiger partial charge in [0, 0.05) is 6.07 Å². The van der Waals surface area contributed by atoms with Crippen LogP contribution >= 0.6 is 0 Å². The van der Waals surface area contributed by atoms with Gasteiger partial charge < -0.3 is 10.5 Å². The number of amidine groups is 1. The number of rotatable bonds is 5. The molecule has 0 bridgehead atoms. The normalized spacial score (nSPS) is 12.8. The first-order valence-corrected chi connectivity index (χ1v) is 5.83. The third kappa shape index (κ3) is 4.07. The van der Waals surface area contributed by atoms with Crippen molar-refractivity contribution in [1.29, 1.82) is 5.41 Å². The first-order chi connectivity index (χ1) is 9.54. The van der Waals surface area contributed by atoms with Crippen molar-refractivity contribution in [2.24, 2.45) is 11.7 Å². The van der Waals surface area contributed by atoms with E-state index in [1.165, 1.54) is 13.0 Å². The van der Waals surface area contributed by atoms with Gasteiger partial charge in [0.15, 0.2) is 5.75 Å². The van der Waals surface area contributed by atoms with Crippen LogP contribution in [0.2, 0.25) is 0 Å². The van der Waals surface area contributed by atoms with Crippen molar-refractivity contribution in [3.05, 3.63) is 33.4 Å². The third-order valence-corrected chi connectivity index (χ3v) is 2.76. The zero-order chi connectivity index (χ0) is 16.4. The maximum atomic E-state index is 12.7. The van der Waals surface area contributed by atoms with Crippen LogP contribution in [-0.2, 0) is 0 Å². The number of nitro benzene ring substituents is 1. The second-order valence-corrected chi connectivity index (χ2v) is 4.55. The second kappa shape index (κ2) is 5.98. The average molecular weight is 305 g/mol. The zero-order valence-electron chi connectivity index (χ0n) is 11.3. The predicted molar refractivity (Wildman–Crippen MR) is 69.5 cm³/mol. The van der Waals surface area contributed by atoms with E-state index in [0.29, 0.717) is 11.1 Å². The third-order valence-electron chi connectivity index (χ3n) is 2.76. The summed E-state index contributed by atoms with van der Waals surface area (Å²) in [4.78, 5) is 10.2. The molecule has 0 aliphatic rings. The van der Waals surface area contributed by atoms with E-state index in [-0.39, 0.29) is 5.75 Å². The van der Waals surface area contributed by atoms with Crippen LogP contribution in [-0.4, -0.2) is 23.5 Å². The Morgan fingerprint density at radius 2 is 2.05 bits per heavy atom. The van der Waals surface area contributed by atoms with Gasteiger partial charge in [0.1, 0.15) is 18.4 Å². The molecular weight excluding hydrogens is 291 g/mol. The lowest BCUT2D eigenvalue weighted by Gasteiger charge is -2.20. The van der Waals surface area contributed by atoms with Crippen molar-refractivity contribution in [3.63, 3.8) is 0 Å². The van der Waals surface area contributed by atoms with E-state index < -0.39 is 35.1 Å². The van der Waals surface area contributed by atoms with Crippen molar-refractivity contribution < 1.29 is 22.8 Å². The van der Waals surface area contributed by atoms with Gasteiger partial charge in [-0.05, 0) is 25.0 Å². The molecule has 3 N–H and O–H groups in total. The zero-order valence-corrected chi connectivity index (χ0v) is 11.3. The average Bonchev–Trinajstić information content (AvgIpc) is 2.28. The van der Waals surface area contributed by atoms with E-state index in [1.54, 1.807) is 13.0 Å². The van der Waals surface area contributed by atoms with E-state index in [2.05, 4.69) is 0 Å². The highest BCUT2D eigenvalue weighted by atomic mass is 19.4. The van der Waals surface area contributed by atoms with Crippen LogP contribution in [0.1, 0.15) is 11.1 Å². The van der Waals surface area contributed by atoms with Gasteiger partial charge in [0.2, 0.25) is 0 Å². The fourth-order valence-corrected chi connectivity index (χ4v) is 1.78. The van der Waals surface area contributed by atoms with Gasteiger partial charge in [0.05, 0.1) is 4.92 Å². The van der Waals surface area contributed by atoms with Crippen LogP contribution in [0.3, 0.4) is 0 Å². The largest absolute Gasteiger partial charge is 0.485 e. The van der Waals surface area contributed by atoms with Crippen molar-refractivity contribution in [2.45, 2.75) is 20.0 Å². The summed E-state index contributed by atoms with van der Waals surface area (Å²) in [5.41, 5.74) is 5.40. The molecule has 0 saturated carbocycles. The Morgan fingerprint density at radius 3 is 2.48 bits per heavy atom. The molecular formula is C12H14F3N3O3. The van der Waals surface area contributed by atoms with E-state index in [0.717, 1.165) is 0 Å². The lowest BCUT2D eigenvalue weighted by atomic mass is 10.1. The monoisotopic (exact) mass is 305 g/mol. The maximum absolute atomic E-state index is 12.7. The Labute approximate surface area is 118 Å². The van der Waals surface area contributed by atoms with Gasteiger partial charge in [-0.25, -0.2) is 0 Å². The number of halogens is 3. The summed E-state index contributed by atoms with van der Waals surface area (Å²) in [7, 11) is 0. The summed E-state index contributed by atoms with van der Waals surface area (Å²) in [6.45, 7) is 2.13. The van der Waals surface area contributed by atoms with Crippen LogP contribution in [0.25, 0.3) is 0 Å². The summed E-state index contributed by atoms with van der Waals surface area (Å²) >= 11 is 0. The lowest BCUT2D eigenvalue weighted by Crippen LogP contribution is -2.39. The molecule has 9 heteroatoms. The molecule has 1 unspecified atom stereocenters. The summed E-state index contributed by atoms with van der Waals surface area (Å²) in [5.74, 6) is -3.66. The fraction of sp³-hybridized carbons (Fsp3) is 0.417. The first-order valence-electron chi connectivity index (χ1n) is 5.83. The number of hydrogen-bond donors (Lipinski definition) is 2. The number of ether oxygens (including phenoxy) is 1. The molecule has 1 aromatic carbocycles. The predicted octanol–water partition coefficient (Wildman–Crippen LogP) is 2.70. The van der Waals surface area contributed by atoms with E-state index in [4.69, 9.17) is 15.9 Å². The Bertz CT molecular complexity index is 573. The van der Waals surface area contributed by atoms with Gasteiger partial charge in [-0.1, -0.05) is 6.07 Å². The van der Waals surface area contributed by atoms with E-state index in [9.17, 15) is 23.3 Å². The Hall–Kier alpha value is -2.32. The standard InChI is InChI=1S/C12H14F3N3O3/c1-6-3-7(2)10(9(4-6)18(19)20)21-5-8(11(16)17)12(13,14)15/h3-4,8H,5H2,1-2H3,(H3,16,17). The molecule has 0 aromatic heterocycles. The highest BCUT2D eigenvalue weighted by Crippen LogP contribution is 2.34. The molecule has 6 nitrogen and oxygen atoms in total. The summed E-state index contributed by atoms with van der Waals surface area (Å²) in [6.07, 6.45) is -4.75. The van der Waals surface area contributed by atoms with Crippen molar-refractivity contribution in [2.75, 3.05) is 6.61 Å². The van der Waals surface area contributed by atoms with Crippen LogP contribution in [0.5, 0.6) is 5.75 Å². The Morgan fingerprint density at radius 1 is 1.48 bits per heavy atom. The van der Waals surface area contributed by atoms with Gasteiger partial charge in [-0.15, -0.1) is 0 Å². The van der Waals surface area contributed by atoms with Crippen molar-refractivity contribution in [3.8, 4) is 5.75 Å². The van der Waals surface area contributed by atoms with Crippen LogP contribution in [0.4, 0.5) is 18.9 Å². The van der Waals surface area contributed by atoms with Crippen LogP contribution < -0.4 is 10.5 Å². The van der Waals surface area contributed by atoms with Gasteiger partial charge in [-0.2, -0.15) is 13.2 Å². The first kappa shape index (κ1) is 16.7. The minimum absolute atomic E-state index is 0.249. The minimum Gasteiger partial charge on any atom is -0.485 e. The molecule has 0 aliphatic carbocycles. The molecule has 0 aliphatic heterocycles. The van der Waals surface area contributed by atoms with Crippen LogP contribution in [0, 0.1) is 35.3 Å². The van der Waals surface area contributed by atoms with Crippen molar-refractivity contribution >= 4 is 11.5 Å². The SMILES string of the molecule is Cc1cc(C)c(OCC(C(=N)N)C(F)(F)F)c([N+](=O)[O-])c1. The smallest absolute Gasteiger partial charge is 0.401 e. The maximum Gasteiger partial charge on any atom is 0.401 e. The lowest BCUT2D eigenvalue weighted by molar-refractivity contribution is -0.386. The Kier molecular flexibility index (Phi) is 4.77.